The maximum Gasteiger partial charge on any atom is 0.322 e. The van der Waals surface area contributed by atoms with Crippen molar-refractivity contribution in [3.63, 3.8) is 0 Å². The molecule has 3 N–H and O–H groups in total. The van der Waals surface area contributed by atoms with Crippen molar-refractivity contribution >= 4 is 5.97 Å². The van der Waals surface area contributed by atoms with E-state index in [0.717, 1.165) is 13.1 Å². The predicted molar refractivity (Wildman–Crippen MR) is 51.9 cm³/mol. The van der Waals surface area contributed by atoms with Gasteiger partial charge in [0.15, 0.2) is 0 Å². The molecule has 0 spiro atoms. The van der Waals surface area contributed by atoms with Crippen LogP contribution >= 0.6 is 0 Å². The Kier molecular flexibility index (Phi) is 6.48. The summed E-state index contributed by atoms with van der Waals surface area (Å²) in [5.74, 6) is -0.820. The Morgan fingerprint density at radius 2 is 2.15 bits per heavy atom. The first-order valence-corrected chi connectivity index (χ1v) is 4.33. The zero-order valence-electron chi connectivity index (χ0n) is 8.50. The molecule has 78 valence electrons. The summed E-state index contributed by atoms with van der Waals surface area (Å²) in [5.41, 5.74) is 0. The van der Waals surface area contributed by atoms with Crippen LogP contribution in [0.4, 0.5) is 0 Å². The molecular weight excluding hydrogens is 170 g/mol. The Morgan fingerprint density at radius 1 is 1.54 bits per heavy atom. The van der Waals surface area contributed by atoms with Crippen molar-refractivity contribution in [2.24, 2.45) is 0 Å². The van der Waals surface area contributed by atoms with E-state index in [9.17, 15) is 4.79 Å². The summed E-state index contributed by atoms with van der Waals surface area (Å²) in [5, 5.41) is 14.4. The normalized spacial score (nSPS) is 13.2. The molecular formula is C8H19N3O2. The van der Waals surface area contributed by atoms with Crippen LogP contribution in [0.5, 0.6) is 0 Å². The first-order chi connectivity index (χ1) is 6.07. The van der Waals surface area contributed by atoms with Crippen molar-refractivity contribution in [3.05, 3.63) is 0 Å². The van der Waals surface area contributed by atoms with Crippen molar-refractivity contribution in [1.29, 1.82) is 0 Å². The van der Waals surface area contributed by atoms with Crippen LogP contribution in [-0.2, 0) is 4.79 Å². The van der Waals surface area contributed by atoms with Gasteiger partial charge in [0, 0.05) is 19.6 Å². The molecule has 0 aliphatic carbocycles. The molecule has 0 saturated carbocycles. The number of hydrogen-bond acceptors (Lipinski definition) is 4. The minimum Gasteiger partial charge on any atom is -0.480 e. The molecule has 0 fully saturated rings. The summed E-state index contributed by atoms with van der Waals surface area (Å²) in [7, 11) is 5.61. The van der Waals surface area contributed by atoms with Crippen LogP contribution in [0.25, 0.3) is 0 Å². The van der Waals surface area contributed by atoms with Gasteiger partial charge in [0.25, 0.3) is 0 Å². The van der Waals surface area contributed by atoms with Gasteiger partial charge in [-0.3, -0.25) is 4.79 Å². The van der Waals surface area contributed by atoms with E-state index < -0.39 is 12.0 Å². The molecule has 0 rings (SSSR count). The van der Waals surface area contributed by atoms with Gasteiger partial charge in [-0.05, 0) is 21.1 Å². The van der Waals surface area contributed by atoms with Crippen LogP contribution in [-0.4, -0.2) is 62.8 Å². The highest BCUT2D eigenvalue weighted by molar-refractivity contribution is 5.73. The second-order valence-electron chi connectivity index (χ2n) is 3.19. The number of aliphatic carboxylic acids is 1. The summed E-state index contributed by atoms with van der Waals surface area (Å²) in [4.78, 5) is 12.6. The third-order valence-electron chi connectivity index (χ3n) is 1.73. The third kappa shape index (κ3) is 6.51. The second kappa shape index (κ2) is 6.82. The number of hydrogen-bond donors (Lipinski definition) is 3. The molecule has 0 aromatic carbocycles. The number of likely N-dealkylation sites (N-methyl/N-ethyl adjacent to an activating group) is 2. The fraction of sp³-hybridized carbons (Fsp3) is 0.875. The molecule has 0 saturated heterocycles. The lowest BCUT2D eigenvalue weighted by molar-refractivity contribution is -0.139. The maximum atomic E-state index is 10.5. The molecule has 1 unspecified atom stereocenters. The lowest BCUT2D eigenvalue weighted by Crippen LogP contribution is -2.43. The van der Waals surface area contributed by atoms with Crippen molar-refractivity contribution in [2.45, 2.75) is 6.04 Å². The Hall–Kier alpha value is -0.650. The SMILES string of the molecule is CNC(CNCCN(C)C)C(=O)O. The van der Waals surface area contributed by atoms with Gasteiger partial charge in [-0.15, -0.1) is 0 Å². The van der Waals surface area contributed by atoms with Gasteiger partial charge in [-0.1, -0.05) is 0 Å². The van der Waals surface area contributed by atoms with E-state index in [1.54, 1.807) is 7.05 Å². The van der Waals surface area contributed by atoms with E-state index in [4.69, 9.17) is 5.11 Å². The fourth-order valence-electron chi connectivity index (χ4n) is 0.862. The molecule has 0 aromatic rings. The predicted octanol–water partition coefficient (Wildman–Crippen LogP) is -1.19. The Balaban J connectivity index is 3.44. The standard InChI is InChI=1S/C8H19N3O2/c1-9-7(8(12)13)6-10-4-5-11(2)3/h7,9-10H,4-6H2,1-3H3,(H,12,13). The Labute approximate surface area is 79.1 Å². The first kappa shape index (κ1) is 12.3. The van der Waals surface area contributed by atoms with Gasteiger partial charge in [-0.25, -0.2) is 0 Å². The average Bonchev–Trinajstić information content (AvgIpc) is 2.03. The van der Waals surface area contributed by atoms with Gasteiger partial charge >= 0.3 is 5.97 Å². The summed E-state index contributed by atoms with van der Waals surface area (Å²) < 4.78 is 0. The van der Waals surface area contributed by atoms with E-state index in [0.29, 0.717) is 6.54 Å². The molecule has 0 radical (unpaired) electrons. The summed E-state index contributed by atoms with van der Waals surface area (Å²) in [6, 6.07) is -0.498. The van der Waals surface area contributed by atoms with Crippen molar-refractivity contribution in [2.75, 3.05) is 40.8 Å². The number of nitrogens with zero attached hydrogens (tertiary/aromatic N) is 1. The lowest BCUT2D eigenvalue weighted by atomic mass is 10.3. The van der Waals surface area contributed by atoms with Crippen LogP contribution in [0.15, 0.2) is 0 Å². The topological polar surface area (TPSA) is 64.6 Å². The lowest BCUT2D eigenvalue weighted by Gasteiger charge is -2.14. The molecule has 5 nitrogen and oxygen atoms in total. The smallest absolute Gasteiger partial charge is 0.322 e. The molecule has 0 aliphatic rings. The summed E-state index contributed by atoms with van der Waals surface area (Å²) in [6.45, 7) is 2.17. The van der Waals surface area contributed by atoms with Crippen molar-refractivity contribution in [3.8, 4) is 0 Å². The van der Waals surface area contributed by atoms with Crippen LogP contribution in [0.1, 0.15) is 0 Å². The van der Waals surface area contributed by atoms with Crippen LogP contribution in [0.2, 0.25) is 0 Å². The molecule has 0 amide bonds. The highest BCUT2D eigenvalue weighted by Crippen LogP contribution is 1.80. The van der Waals surface area contributed by atoms with E-state index in [-0.39, 0.29) is 0 Å². The largest absolute Gasteiger partial charge is 0.480 e. The third-order valence-corrected chi connectivity index (χ3v) is 1.73. The van der Waals surface area contributed by atoms with Gasteiger partial charge in [0.05, 0.1) is 0 Å². The maximum absolute atomic E-state index is 10.5. The van der Waals surface area contributed by atoms with E-state index in [1.165, 1.54) is 0 Å². The van der Waals surface area contributed by atoms with Crippen LogP contribution in [0.3, 0.4) is 0 Å². The number of carboxylic acids is 1. The van der Waals surface area contributed by atoms with Gasteiger partial charge < -0.3 is 20.6 Å². The van der Waals surface area contributed by atoms with Crippen molar-refractivity contribution in [1.82, 2.24) is 15.5 Å². The second-order valence-corrected chi connectivity index (χ2v) is 3.19. The zero-order chi connectivity index (χ0) is 10.3. The molecule has 5 heteroatoms. The number of rotatable bonds is 7. The van der Waals surface area contributed by atoms with Gasteiger partial charge in [0.1, 0.15) is 6.04 Å². The highest BCUT2D eigenvalue weighted by Gasteiger charge is 2.12. The fourth-order valence-corrected chi connectivity index (χ4v) is 0.862. The van der Waals surface area contributed by atoms with E-state index in [2.05, 4.69) is 10.6 Å². The van der Waals surface area contributed by atoms with Crippen LogP contribution in [0, 0.1) is 0 Å². The minimum absolute atomic E-state index is 0.458. The molecule has 1 atom stereocenters. The molecule has 13 heavy (non-hydrogen) atoms. The van der Waals surface area contributed by atoms with Gasteiger partial charge in [0.2, 0.25) is 0 Å². The summed E-state index contributed by atoms with van der Waals surface area (Å²) in [6.07, 6.45) is 0. The molecule has 0 heterocycles. The molecule has 0 aliphatic heterocycles. The Bertz CT molecular complexity index is 150. The van der Waals surface area contributed by atoms with Crippen LogP contribution < -0.4 is 10.6 Å². The molecule has 0 bridgehead atoms. The van der Waals surface area contributed by atoms with Gasteiger partial charge in [-0.2, -0.15) is 0 Å². The Morgan fingerprint density at radius 3 is 2.54 bits per heavy atom. The van der Waals surface area contributed by atoms with E-state index in [1.807, 2.05) is 19.0 Å². The minimum atomic E-state index is -0.820. The number of carbonyl (C=O) groups is 1. The molecule has 0 aromatic heterocycles. The highest BCUT2D eigenvalue weighted by atomic mass is 16.4. The number of carboxylic acid groups (broad SMARTS) is 1. The average molecular weight is 189 g/mol. The summed E-state index contributed by atoms with van der Waals surface area (Å²) >= 11 is 0. The van der Waals surface area contributed by atoms with Crippen molar-refractivity contribution < 1.29 is 9.90 Å². The number of nitrogens with one attached hydrogen (secondary N) is 2. The zero-order valence-corrected chi connectivity index (χ0v) is 8.50. The quantitative estimate of drug-likeness (QED) is 0.440. The monoisotopic (exact) mass is 189 g/mol. The van der Waals surface area contributed by atoms with E-state index >= 15 is 0 Å². The first-order valence-electron chi connectivity index (χ1n) is 4.33.